The number of hydrogen-bond donors (Lipinski definition) is 1. The molecule has 1 heterocycles. The van der Waals surface area contributed by atoms with Crippen LogP contribution in [0, 0.1) is 0 Å². The molecule has 72 valence electrons. The van der Waals surface area contributed by atoms with Gasteiger partial charge in [-0.3, -0.25) is 0 Å². The molecule has 1 rings (SSSR count). The van der Waals surface area contributed by atoms with Crippen molar-refractivity contribution in [3.05, 3.63) is 22.8 Å². The SMILES string of the molecule is CN(C)CCNc1cccc(Br)n1. The molecule has 0 saturated heterocycles. The van der Waals surface area contributed by atoms with Gasteiger partial charge in [-0.15, -0.1) is 0 Å². The van der Waals surface area contributed by atoms with E-state index < -0.39 is 0 Å². The molecule has 0 amide bonds. The molecule has 0 aliphatic rings. The number of halogens is 1. The highest BCUT2D eigenvalue weighted by molar-refractivity contribution is 9.10. The Hall–Kier alpha value is -0.610. The molecule has 13 heavy (non-hydrogen) atoms. The number of hydrogen-bond acceptors (Lipinski definition) is 3. The third kappa shape index (κ3) is 4.24. The van der Waals surface area contributed by atoms with E-state index in [1.165, 1.54) is 0 Å². The second-order valence-electron chi connectivity index (χ2n) is 3.08. The van der Waals surface area contributed by atoms with Crippen LogP contribution in [0.2, 0.25) is 0 Å². The van der Waals surface area contributed by atoms with Crippen molar-refractivity contribution in [2.24, 2.45) is 0 Å². The maximum absolute atomic E-state index is 4.26. The molecule has 1 aromatic rings. The summed E-state index contributed by atoms with van der Waals surface area (Å²) in [7, 11) is 4.10. The van der Waals surface area contributed by atoms with Crippen LogP contribution in [0.4, 0.5) is 5.82 Å². The molecule has 0 atom stereocenters. The van der Waals surface area contributed by atoms with Crippen LogP contribution in [0.3, 0.4) is 0 Å². The van der Waals surface area contributed by atoms with Crippen molar-refractivity contribution in [3.63, 3.8) is 0 Å². The van der Waals surface area contributed by atoms with Crippen molar-refractivity contribution in [3.8, 4) is 0 Å². The molecule has 0 spiro atoms. The molecule has 0 unspecified atom stereocenters. The van der Waals surface area contributed by atoms with Gasteiger partial charge in [-0.25, -0.2) is 4.98 Å². The van der Waals surface area contributed by atoms with E-state index >= 15 is 0 Å². The molecular formula is C9H14BrN3. The van der Waals surface area contributed by atoms with E-state index in [1.807, 2.05) is 18.2 Å². The molecule has 0 saturated carbocycles. The average molecular weight is 244 g/mol. The minimum Gasteiger partial charge on any atom is -0.369 e. The second kappa shape index (κ2) is 5.19. The molecule has 1 aromatic heterocycles. The Balaban J connectivity index is 2.37. The first-order chi connectivity index (χ1) is 6.18. The first-order valence-corrected chi connectivity index (χ1v) is 4.99. The number of pyridine rings is 1. The Morgan fingerprint density at radius 2 is 2.23 bits per heavy atom. The van der Waals surface area contributed by atoms with Gasteiger partial charge in [0.05, 0.1) is 0 Å². The summed E-state index contributed by atoms with van der Waals surface area (Å²) in [4.78, 5) is 6.39. The summed E-state index contributed by atoms with van der Waals surface area (Å²) in [5.74, 6) is 0.913. The molecular weight excluding hydrogens is 230 g/mol. The summed E-state index contributed by atoms with van der Waals surface area (Å²) in [6.07, 6.45) is 0. The monoisotopic (exact) mass is 243 g/mol. The van der Waals surface area contributed by atoms with Crippen LogP contribution in [0.1, 0.15) is 0 Å². The maximum Gasteiger partial charge on any atom is 0.127 e. The Kier molecular flexibility index (Phi) is 4.18. The summed E-state index contributed by atoms with van der Waals surface area (Å²) in [5.41, 5.74) is 0. The van der Waals surface area contributed by atoms with Crippen molar-refractivity contribution in [1.82, 2.24) is 9.88 Å². The van der Waals surface area contributed by atoms with Gasteiger partial charge in [0.15, 0.2) is 0 Å². The summed E-state index contributed by atoms with van der Waals surface area (Å²) in [6.45, 7) is 1.92. The van der Waals surface area contributed by atoms with Crippen molar-refractivity contribution in [2.75, 3.05) is 32.5 Å². The lowest BCUT2D eigenvalue weighted by molar-refractivity contribution is 0.425. The third-order valence-electron chi connectivity index (χ3n) is 1.58. The predicted molar refractivity (Wildman–Crippen MR) is 59.0 cm³/mol. The zero-order valence-corrected chi connectivity index (χ0v) is 9.50. The highest BCUT2D eigenvalue weighted by Gasteiger charge is 1.94. The van der Waals surface area contributed by atoms with E-state index in [0.29, 0.717) is 0 Å². The molecule has 3 nitrogen and oxygen atoms in total. The van der Waals surface area contributed by atoms with Crippen LogP contribution in [-0.4, -0.2) is 37.1 Å². The summed E-state index contributed by atoms with van der Waals surface area (Å²) in [5, 5.41) is 3.23. The van der Waals surface area contributed by atoms with Gasteiger partial charge in [0, 0.05) is 13.1 Å². The lowest BCUT2D eigenvalue weighted by Crippen LogP contribution is -2.21. The van der Waals surface area contributed by atoms with Crippen molar-refractivity contribution in [2.45, 2.75) is 0 Å². The smallest absolute Gasteiger partial charge is 0.127 e. The van der Waals surface area contributed by atoms with Gasteiger partial charge in [0.1, 0.15) is 10.4 Å². The van der Waals surface area contributed by atoms with Crippen molar-refractivity contribution < 1.29 is 0 Å². The quantitative estimate of drug-likeness (QED) is 0.819. The normalized spacial score (nSPS) is 10.5. The minimum absolute atomic E-state index is 0.863. The largest absolute Gasteiger partial charge is 0.369 e. The lowest BCUT2D eigenvalue weighted by Gasteiger charge is -2.10. The fourth-order valence-corrected chi connectivity index (χ4v) is 1.26. The molecule has 0 aliphatic carbocycles. The fourth-order valence-electron chi connectivity index (χ4n) is 0.914. The van der Waals surface area contributed by atoms with Gasteiger partial charge < -0.3 is 10.2 Å². The number of rotatable bonds is 4. The van der Waals surface area contributed by atoms with Crippen molar-refractivity contribution >= 4 is 21.7 Å². The molecule has 0 fully saturated rings. The number of aromatic nitrogens is 1. The van der Waals surface area contributed by atoms with Gasteiger partial charge in [-0.05, 0) is 42.2 Å². The van der Waals surface area contributed by atoms with Gasteiger partial charge >= 0.3 is 0 Å². The van der Waals surface area contributed by atoms with Crippen LogP contribution in [-0.2, 0) is 0 Å². The Labute approximate surface area is 87.3 Å². The number of nitrogens with one attached hydrogen (secondary N) is 1. The third-order valence-corrected chi connectivity index (χ3v) is 2.02. The molecule has 0 aliphatic heterocycles. The van der Waals surface area contributed by atoms with Crippen LogP contribution < -0.4 is 5.32 Å². The number of likely N-dealkylation sites (N-methyl/N-ethyl adjacent to an activating group) is 1. The van der Waals surface area contributed by atoms with E-state index in [9.17, 15) is 0 Å². The topological polar surface area (TPSA) is 28.2 Å². The fraction of sp³-hybridized carbons (Fsp3) is 0.444. The van der Waals surface area contributed by atoms with Gasteiger partial charge in [-0.1, -0.05) is 6.07 Å². The lowest BCUT2D eigenvalue weighted by atomic mass is 10.4. The van der Waals surface area contributed by atoms with E-state index in [1.54, 1.807) is 0 Å². The molecule has 0 bridgehead atoms. The second-order valence-corrected chi connectivity index (χ2v) is 3.89. The predicted octanol–water partition coefficient (Wildman–Crippen LogP) is 1.82. The summed E-state index contributed by atoms with van der Waals surface area (Å²) in [6, 6.07) is 5.84. The van der Waals surface area contributed by atoms with E-state index in [2.05, 4.69) is 45.2 Å². The van der Waals surface area contributed by atoms with E-state index in [0.717, 1.165) is 23.5 Å². The summed E-state index contributed by atoms with van der Waals surface area (Å²) >= 11 is 3.32. The highest BCUT2D eigenvalue weighted by Crippen LogP contribution is 2.09. The van der Waals surface area contributed by atoms with Gasteiger partial charge in [0.2, 0.25) is 0 Å². The Bertz CT molecular complexity index is 263. The molecule has 0 radical (unpaired) electrons. The molecule has 1 N–H and O–H groups in total. The summed E-state index contributed by atoms with van der Waals surface area (Å²) < 4.78 is 0.863. The van der Waals surface area contributed by atoms with E-state index in [-0.39, 0.29) is 0 Å². The zero-order chi connectivity index (χ0) is 9.68. The number of nitrogens with zero attached hydrogens (tertiary/aromatic N) is 2. The van der Waals surface area contributed by atoms with E-state index in [4.69, 9.17) is 0 Å². The Morgan fingerprint density at radius 1 is 1.46 bits per heavy atom. The number of anilines is 1. The van der Waals surface area contributed by atoms with Crippen LogP contribution >= 0.6 is 15.9 Å². The maximum atomic E-state index is 4.26. The van der Waals surface area contributed by atoms with Gasteiger partial charge in [-0.2, -0.15) is 0 Å². The van der Waals surface area contributed by atoms with Crippen molar-refractivity contribution in [1.29, 1.82) is 0 Å². The first-order valence-electron chi connectivity index (χ1n) is 4.19. The first kappa shape index (κ1) is 10.5. The Morgan fingerprint density at radius 3 is 2.85 bits per heavy atom. The van der Waals surface area contributed by atoms with Crippen LogP contribution in [0.15, 0.2) is 22.8 Å². The van der Waals surface area contributed by atoms with Crippen LogP contribution in [0.25, 0.3) is 0 Å². The van der Waals surface area contributed by atoms with Gasteiger partial charge in [0.25, 0.3) is 0 Å². The zero-order valence-electron chi connectivity index (χ0n) is 7.92. The molecule has 4 heteroatoms. The molecule has 0 aromatic carbocycles. The highest BCUT2D eigenvalue weighted by atomic mass is 79.9. The van der Waals surface area contributed by atoms with Crippen LogP contribution in [0.5, 0.6) is 0 Å². The minimum atomic E-state index is 0.863. The standard InChI is InChI=1S/C9H14BrN3/c1-13(2)7-6-11-9-5-3-4-8(10)12-9/h3-5H,6-7H2,1-2H3,(H,11,12). The average Bonchev–Trinajstić information content (AvgIpc) is 2.03.